The number of aromatic nitrogens is 1. The van der Waals surface area contributed by atoms with Crippen molar-refractivity contribution in [2.75, 3.05) is 11.1 Å². The molecule has 2 rings (SSSR count). The van der Waals surface area contributed by atoms with Crippen LogP contribution in [0.3, 0.4) is 0 Å². The lowest BCUT2D eigenvalue weighted by molar-refractivity contribution is -0.116. The van der Waals surface area contributed by atoms with Crippen LogP contribution < -0.4 is 5.32 Å². The maximum Gasteiger partial charge on any atom is 0.225 e. The Balaban J connectivity index is 1.60. The number of amides is 1. The van der Waals surface area contributed by atoms with Crippen molar-refractivity contribution in [2.45, 2.75) is 37.5 Å². The molecule has 0 saturated heterocycles. The number of nitrogens with zero attached hydrogens (tertiary/aromatic N) is 1. The molecule has 1 aromatic heterocycles. The van der Waals surface area contributed by atoms with Crippen molar-refractivity contribution in [3.8, 4) is 5.75 Å². The molecule has 1 amide bonds. The number of hydrogen-bond acceptors (Lipinski definition) is 4. The molecule has 5 heteroatoms. The van der Waals surface area contributed by atoms with Crippen molar-refractivity contribution in [1.82, 2.24) is 4.98 Å². The lowest BCUT2D eigenvalue weighted by Gasteiger charge is -2.07. The fraction of sp³-hybridized carbons (Fsp3) is 0.333. The fourth-order valence-corrected chi connectivity index (χ4v) is 3.04. The van der Waals surface area contributed by atoms with E-state index in [2.05, 4.69) is 22.4 Å². The standard InChI is InChI=1S/C18H22N2O2S/c1-14-11-12-16(21)18(19-14)20-17(22)10-6-3-7-13-23-15-8-4-2-5-9-15/h2,4-5,8-9,11-12,21H,3,6-7,10,13H2,1H3,(H,19,20,22). The third-order valence-corrected chi connectivity index (χ3v) is 4.43. The average Bonchev–Trinajstić information content (AvgIpc) is 2.55. The summed E-state index contributed by atoms with van der Waals surface area (Å²) in [5.74, 6) is 1.21. The highest BCUT2D eigenvalue weighted by atomic mass is 32.2. The molecule has 4 nitrogen and oxygen atoms in total. The number of carbonyl (C=O) groups excluding carboxylic acids is 1. The number of carbonyl (C=O) groups is 1. The second kappa shape index (κ2) is 9.20. The van der Waals surface area contributed by atoms with E-state index in [1.807, 2.05) is 36.9 Å². The number of aryl methyl sites for hydroxylation is 1. The Morgan fingerprint density at radius 2 is 1.91 bits per heavy atom. The van der Waals surface area contributed by atoms with Gasteiger partial charge in [-0.3, -0.25) is 4.79 Å². The van der Waals surface area contributed by atoms with Crippen molar-refractivity contribution in [3.63, 3.8) is 0 Å². The number of pyridine rings is 1. The topological polar surface area (TPSA) is 62.2 Å². The highest BCUT2D eigenvalue weighted by Crippen LogP contribution is 2.21. The third-order valence-electron chi connectivity index (χ3n) is 3.33. The molecule has 0 radical (unpaired) electrons. The number of unbranched alkanes of at least 4 members (excludes halogenated alkanes) is 2. The minimum atomic E-state index is -0.103. The number of anilines is 1. The lowest BCUT2D eigenvalue weighted by atomic mass is 10.2. The summed E-state index contributed by atoms with van der Waals surface area (Å²) < 4.78 is 0. The van der Waals surface area contributed by atoms with Crippen LogP contribution in [0.2, 0.25) is 0 Å². The van der Waals surface area contributed by atoms with Crippen LogP contribution >= 0.6 is 11.8 Å². The lowest BCUT2D eigenvalue weighted by Crippen LogP contribution is -2.12. The summed E-state index contributed by atoms with van der Waals surface area (Å²) in [5.41, 5.74) is 0.760. The van der Waals surface area contributed by atoms with Crippen molar-refractivity contribution in [1.29, 1.82) is 0 Å². The molecule has 0 aliphatic carbocycles. The zero-order valence-electron chi connectivity index (χ0n) is 13.3. The van der Waals surface area contributed by atoms with E-state index >= 15 is 0 Å². The summed E-state index contributed by atoms with van der Waals surface area (Å²) in [6, 6.07) is 13.6. The predicted octanol–water partition coefficient (Wildman–Crippen LogP) is 4.39. The normalized spacial score (nSPS) is 10.5. The van der Waals surface area contributed by atoms with E-state index in [1.54, 1.807) is 12.1 Å². The van der Waals surface area contributed by atoms with Gasteiger partial charge in [-0.25, -0.2) is 4.98 Å². The van der Waals surface area contributed by atoms with E-state index in [1.165, 1.54) is 4.90 Å². The van der Waals surface area contributed by atoms with E-state index < -0.39 is 0 Å². The van der Waals surface area contributed by atoms with Gasteiger partial charge in [0.05, 0.1) is 0 Å². The van der Waals surface area contributed by atoms with Gasteiger partial charge in [-0.1, -0.05) is 24.6 Å². The molecule has 0 fully saturated rings. The Hall–Kier alpha value is -2.01. The van der Waals surface area contributed by atoms with Gasteiger partial charge in [-0.15, -0.1) is 11.8 Å². The first kappa shape index (κ1) is 17.3. The highest BCUT2D eigenvalue weighted by molar-refractivity contribution is 7.99. The van der Waals surface area contributed by atoms with E-state index in [0.29, 0.717) is 6.42 Å². The second-order valence-electron chi connectivity index (χ2n) is 5.34. The summed E-state index contributed by atoms with van der Waals surface area (Å²) in [5, 5.41) is 12.3. The molecule has 2 N–H and O–H groups in total. The minimum absolute atomic E-state index is 0.00297. The number of benzene rings is 1. The van der Waals surface area contributed by atoms with E-state index in [4.69, 9.17) is 0 Å². The van der Waals surface area contributed by atoms with Crippen LogP contribution in [-0.4, -0.2) is 21.8 Å². The van der Waals surface area contributed by atoms with Crippen molar-refractivity contribution >= 4 is 23.5 Å². The first-order valence-electron chi connectivity index (χ1n) is 7.79. The molecule has 122 valence electrons. The summed E-state index contributed by atoms with van der Waals surface area (Å²) >= 11 is 1.84. The smallest absolute Gasteiger partial charge is 0.225 e. The number of rotatable bonds is 8. The van der Waals surface area contributed by atoms with E-state index in [0.717, 1.165) is 30.7 Å². The van der Waals surface area contributed by atoms with E-state index in [9.17, 15) is 9.90 Å². The largest absolute Gasteiger partial charge is 0.504 e. The molecule has 0 unspecified atom stereocenters. The monoisotopic (exact) mass is 330 g/mol. The summed E-state index contributed by atoms with van der Waals surface area (Å²) in [6.45, 7) is 1.82. The van der Waals surface area contributed by atoms with Crippen molar-refractivity contribution in [2.24, 2.45) is 0 Å². The fourth-order valence-electron chi connectivity index (χ4n) is 2.11. The Morgan fingerprint density at radius 1 is 1.13 bits per heavy atom. The van der Waals surface area contributed by atoms with Crippen LogP contribution in [0.5, 0.6) is 5.75 Å². The second-order valence-corrected chi connectivity index (χ2v) is 6.51. The first-order valence-corrected chi connectivity index (χ1v) is 8.78. The SMILES string of the molecule is Cc1ccc(O)c(NC(=O)CCCCCSc2ccccc2)n1. The van der Waals surface area contributed by atoms with Crippen LogP contribution in [-0.2, 0) is 4.79 Å². The molecule has 0 aliphatic rings. The quantitative estimate of drug-likeness (QED) is 0.557. The van der Waals surface area contributed by atoms with Gasteiger partial charge < -0.3 is 10.4 Å². The number of nitrogens with one attached hydrogen (secondary N) is 1. The highest BCUT2D eigenvalue weighted by Gasteiger charge is 2.07. The van der Waals surface area contributed by atoms with Crippen LogP contribution in [0.15, 0.2) is 47.4 Å². The molecule has 1 heterocycles. The van der Waals surface area contributed by atoms with Crippen molar-refractivity contribution < 1.29 is 9.90 Å². The summed E-state index contributed by atoms with van der Waals surface area (Å²) in [6.07, 6.45) is 3.39. The van der Waals surface area contributed by atoms with Crippen molar-refractivity contribution in [3.05, 3.63) is 48.2 Å². The number of hydrogen-bond donors (Lipinski definition) is 2. The molecule has 1 aromatic carbocycles. The van der Waals surface area contributed by atoms with Gasteiger partial charge in [0.25, 0.3) is 0 Å². The molecule has 0 bridgehead atoms. The molecule has 0 aliphatic heterocycles. The molecule has 0 atom stereocenters. The number of aromatic hydroxyl groups is 1. The Morgan fingerprint density at radius 3 is 2.70 bits per heavy atom. The Bertz CT molecular complexity index is 632. The van der Waals surface area contributed by atoms with Gasteiger partial charge in [0, 0.05) is 17.0 Å². The zero-order valence-corrected chi connectivity index (χ0v) is 14.1. The Kier molecular flexibility index (Phi) is 6.94. The molecule has 0 saturated carbocycles. The average molecular weight is 330 g/mol. The molecular weight excluding hydrogens is 308 g/mol. The van der Waals surface area contributed by atoms with Crippen LogP contribution in [0, 0.1) is 6.92 Å². The molecule has 23 heavy (non-hydrogen) atoms. The van der Waals surface area contributed by atoms with Gasteiger partial charge >= 0.3 is 0 Å². The molecule has 2 aromatic rings. The van der Waals surface area contributed by atoms with Gasteiger partial charge in [-0.05, 0) is 49.8 Å². The summed E-state index contributed by atoms with van der Waals surface area (Å²) in [7, 11) is 0. The zero-order chi connectivity index (χ0) is 16.5. The molecule has 0 spiro atoms. The minimum Gasteiger partial charge on any atom is -0.504 e. The van der Waals surface area contributed by atoms with Gasteiger partial charge in [-0.2, -0.15) is 0 Å². The van der Waals surface area contributed by atoms with Gasteiger partial charge in [0.15, 0.2) is 11.6 Å². The van der Waals surface area contributed by atoms with Crippen LogP contribution in [0.25, 0.3) is 0 Å². The third kappa shape index (κ3) is 6.32. The van der Waals surface area contributed by atoms with Gasteiger partial charge in [0.1, 0.15) is 0 Å². The van der Waals surface area contributed by atoms with Crippen LogP contribution in [0.4, 0.5) is 5.82 Å². The van der Waals surface area contributed by atoms with Gasteiger partial charge in [0.2, 0.25) is 5.91 Å². The molecular formula is C18H22N2O2S. The maximum atomic E-state index is 11.9. The summed E-state index contributed by atoms with van der Waals surface area (Å²) in [4.78, 5) is 17.3. The Labute approximate surface area is 141 Å². The first-order chi connectivity index (χ1) is 11.1. The van der Waals surface area contributed by atoms with Crippen LogP contribution in [0.1, 0.15) is 31.4 Å². The maximum absolute atomic E-state index is 11.9. The van der Waals surface area contributed by atoms with E-state index in [-0.39, 0.29) is 17.5 Å². The predicted molar refractivity (Wildman–Crippen MR) is 94.9 cm³/mol. The number of thioether (sulfide) groups is 1.